The summed E-state index contributed by atoms with van der Waals surface area (Å²) in [5.74, 6) is -1.30. The molecule has 0 amide bonds. The Hall–Kier alpha value is -2.24. The molecule has 0 bridgehead atoms. The first-order valence-electron chi connectivity index (χ1n) is 18.7. The predicted octanol–water partition coefficient (Wildman–Crippen LogP) is 5.81. The Bertz CT molecular complexity index is 886. The molecule has 0 aromatic carbocycles. The second-order valence-corrected chi connectivity index (χ2v) is 14.9. The topological polar surface area (TPSA) is 142 Å². The Labute approximate surface area is 306 Å². The number of quaternary nitrogens is 1. The van der Waals surface area contributed by atoms with E-state index in [0.717, 1.165) is 45.1 Å². The molecule has 0 heterocycles. The number of rotatable bonds is 22. The molecule has 11 heteroatoms. The first kappa shape index (κ1) is 54.5. The van der Waals surface area contributed by atoms with Gasteiger partial charge in [-0.05, 0) is 87.0 Å². The van der Waals surface area contributed by atoms with Crippen LogP contribution in [-0.2, 0) is 42.9 Å². The maximum absolute atomic E-state index is 11.5. The lowest BCUT2D eigenvalue weighted by atomic mass is 9.83. The van der Waals surface area contributed by atoms with Gasteiger partial charge in [0.2, 0.25) is 0 Å². The zero-order valence-electron chi connectivity index (χ0n) is 35.2. The number of esters is 3. The van der Waals surface area contributed by atoms with Crippen molar-refractivity contribution >= 4 is 23.9 Å². The van der Waals surface area contributed by atoms with E-state index in [1.54, 1.807) is 6.92 Å². The highest BCUT2D eigenvalue weighted by molar-refractivity contribution is 5.76. The molecule has 0 fully saturated rings. The smallest absolute Gasteiger partial charge is 0.313 e. The van der Waals surface area contributed by atoms with Crippen molar-refractivity contribution in [1.29, 1.82) is 0 Å². The highest BCUT2D eigenvalue weighted by Crippen LogP contribution is 2.26. The van der Waals surface area contributed by atoms with Gasteiger partial charge in [-0.1, -0.05) is 61.3 Å². The number of ether oxygens (including phenoxy) is 5. The Morgan fingerprint density at radius 3 is 1.30 bits per heavy atom. The zero-order valence-corrected chi connectivity index (χ0v) is 35.2. The summed E-state index contributed by atoms with van der Waals surface area (Å²) < 4.78 is 25.4. The minimum Gasteiger partial charge on any atom is -0.550 e. The molecule has 1 N–H and O–H groups in total. The van der Waals surface area contributed by atoms with Gasteiger partial charge >= 0.3 is 17.9 Å². The van der Waals surface area contributed by atoms with Gasteiger partial charge in [-0.2, -0.15) is 0 Å². The molecule has 0 saturated carbocycles. The molecule has 0 radical (unpaired) electrons. The Morgan fingerprint density at radius 1 is 0.560 bits per heavy atom. The first-order chi connectivity index (χ1) is 23.0. The molecule has 300 valence electrons. The normalized spacial score (nSPS) is 12.5. The number of carbonyl (C=O) groups excluding carboxylic acids is 4. The van der Waals surface area contributed by atoms with Gasteiger partial charge in [-0.15, -0.1) is 0 Å². The third-order valence-electron chi connectivity index (χ3n) is 8.80. The van der Waals surface area contributed by atoms with Gasteiger partial charge in [-0.25, -0.2) is 0 Å². The molecule has 0 rings (SSSR count). The number of unbranched alkanes of at least 4 members (excludes halogenated alkanes) is 1. The average Bonchev–Trinajstić information content (AvgIpc) is 3.06. The highest BCUT2D eigenvalue weighted by Gasteiger charge is 2.28. The van der Waals surface area contributed by atoms with E-state index >= 15 is 0 Å². The van der Waals surface area contributed by atoms with Gasteiger partial charge in [0, 0.05) is 18.0 Å². The molecule has 0 spiro atoms. The summed E-state index contributed by atoms with van der Waals surface area (Å²) in [5, 5.41) is 10.5. The van der Waals surface area contributed by atoms with Crippen LogP contribution in [0.2, 0.25) is 0 Å². The van der Waals surface area contributed by atoms with Crippen LogP contribution < -0.4 is 10.0 Å². The summed E-state index contributed by atoms with van der Waals surface area (Å²) in [5.41, 5.74) is -1.67. The monoisotopic (exact) mass is 722 g/mol. The number of likely N-dealkylation sites (N-methyl/N-ethyl adjacent to an activating group) is 1. The number of carboxylic acids is 1. The summed E-state index contributed by atoms with van der Waals surface area (Å²) in [6, 6.07) is 0. The van der Waals surface area contributed by atoms with Crippen molar-refractivity contribution in [3.63, 3.8) is 0 Å². The van der Waals surface area contributed by atoms with Crippen LogP contribution in [0.5, 0.6) is 0 Å². The minimum absolute atomic E-state index is 0.00926. The molecular weight excluding hydrogens is 642 g/mol. The Morgan fingerprint density at radius 2 is 0.980 bits per heavy atom. The predicted molar refractivity (Wildman–Crippen MR) is 198 cm³/mol. The standard InChI is InChI=1S/C11H22O4.C10H21NO2.C10H20O2.C8H16O2/c1-5-11(3,4)10(12)15-9-14-8-7-13-6-2;1-6-10(2,3)9(12)13-8-7-11(4)5;1-5-7-8-12-9(11)10(3,4)6-2;1-4-6-8(3,5-2)7(9)10/h5-9H2,1-4H3;6-8H2,1-5H3;5-8H2,1-4H3;4-6H2,1-3H3,(H,9,10). The molecule has 0 saturated heterocycles. The van der Waals surface area contributed by atoms with Crippen LogP contribution in [0, 0.1) is 21.7 Å². The third-order valence-corrected chi connectivity index (χ3v) is 8.80. The Balaban J connectivity index is -0.000000285. The molecule has 0 aliphatic heterocycles. The maximum atomic E-state index is 11.5. The zero-order chi connectivity index (χ0) is 40.0. The molecule has 1 atom stereocenters. The number of carbonyl (C=O) groups is 4. The van der Waals surface area contributed by atoms with Crippen molar-refractivity contribution in [2.24, 2.45) is 21.7 Å². The van der Waals surface area contributed by atoms with Crippen LogP contribution in [0.3, 0.4) is 0 Å². The molecule has 0 aromatic rings. The van der Waals surface area contributed by atoms with Gasteiger partial charge in [0.25, 0.3) is 0 Å². The Kier molecular flexibility index (Phi) is 33.1. The van der Waals surface area contributed by atoms with Crippen LogP contribution >= 0.6 is 0 Å². The van der Waals surface area contributed by atoms with E-state index in [4.69, 9.17) is 23.7 Å². The van der Waals surface area contributed by atoms with Gasteiger partial charge < -0.3 is 38.5 Å². The first-order valence-corrected chi connectivity index (χ1v) is 18.7. The lowest BCUT2D eigenvalue weighted by molar-refractivity contribution is -0.858. The second kappa shape index (κ2) is 30.4. The van der Waals surface area contributed by atoms with E-state index in [1.165, 1.54) is 4.90 Å². The van der Waals surface area contributed by atoms with Crippen molar-refractivity contribution < 1.29 is 52.9 Å². The fourth-order valence-electron chi connectivity index (χ4n) is 3.07. The van der Waals surface area contributed by atoms with E-state index in [0.29, 0.717) is 45.9 Å². The molecule has 11 nitrogen and oxygen atoms in total. The fourth-order valence-corrected chi connectivity index (χ4v) is 3.07. The molecule has 0 aliphatic carbocycles. The summed E-state index contributed by atoms with van der Waals surface area (Å²) in [6.45, 7) is 30.6. The summed E-state index contributed by atoms with van der Waals surface area (Å²) in [7, 11) is 4.08. The largest absolute Gasteiger partial charge is 0.550 e. The van der Waals surface area contributed by atoms with Gasteiger partial charge in [0.1, 0.15) is 13.2 Å². The van der Waals surface area contributed by atoms with Crippen LogP contribution in [0.25, 0.3) is 0 Å². The average molecular weight is 722 g/mol. The maximum Gasteiger partial charge on any atom is 0.313 e. The highest BCUT2D eigenvalue weighted by atomic mass is 16.7. The SMILES string of the molecule is CCC(C)(C)C(=O)OCC[NH+](C)C.CCCC(C)(CC)C(=O)[O-].CCCCOC(=O)C(C)(C)CC.CCOCCOCOC(=O)C(C)(C)CC. The lowest BCUT2D eigenvalue weighted by Gasteiger charge is -2.28. The quantitative estimate of drug-likeness (QED) is 0.0631. The van der Waals surface area contributed by atoms with Crippen LogP contribution in [0.15, 0.2) is 0 Å². The van der Waals surface area contributed by atoms with E-state index in [1.807, 2.05) is 97.2 Å². The van der Waals surface area contributed by atoms with Crippen molar-refractivity contribution in [2.75, 3.05) is 60.5 Å². The molecule has 0 aromatic heterocycles. The molecule has 0 aliphatic rings. The molecular formula is C39H79NO10. The number of hydrogen-bond acceptors (Lipinski definition) is 10. The van der Waals surface area contributed by atoms with Crippen molar-refractivity contribution in [3.8, 4) is 0 Å². The minimum atomic E-state index is -0.920. The number of hydrogen-bond donors (Lipinski definition) is 1. The van der Waals surface area contributed by atoms with Crippen LogP contribution in [0.4, 0.5) is 0 Å². The van der Waals surface area contributed by atoms with E-state index in [2.05, 4.69) is 6.92 Å². The van der Waals surface area contributed by atoms with Crippen molar-refractivity contribution in [1.82, 2.24) is 0 Å². The van der Waals surface area contributed by atoms with Gasteiger partial charge in [-0.3, -0.25) is 14.4 Å². The van der Waals surface area contributed by atoms with Crippen LogP contribution in [0.1, 0.15) is 148 Å². The van der Waals surface area contributed by atoms with Gasteiger partial charge in [0.05, 0.1) is 50.2 Å². The van der Waals surface area contributed by atoms with Gasteiger partial charge in [0.15, 0.2) is 6.79 Å². The fraction of sp³-hybridized carbons (Fsp3) is 0.897. The number of carboxylic acid groups (broad SMARTS) is 1. The molecule has 50 heavy (non-hydrogen) atoms. The second-order valence-electron chi connectivity index (χ2n) is 14.9. The van der Waals surface area contributed by atoms with E-state index < -0.39 is 16.8 Å². The third kappa shape index (κ3) is 28.5. The van der Waals surface area contributed by atoms with Crippen LogP contribution in [-0.4, -0.2) is 84.3 Å². The van der Waals surface area contributed by atoms with E-state index in [9.17, 15) is 24.3 Å². The van der Waals surface area contributed by atoms with E-state index in [-0.39, 0.29) is 35.5 Å². The summed E-state index contributed by atoms with van der Waals surface area (Å²) in [4.78, 5) is 46.1. The summed E-state index contributed by atoms with van der Waals surface area (Å²) >= 11 is 0. The van der Waals surface area contributed by atoms with Crippen molar-refractivity contribution in [2.45, 2.75) is 148 Å². The molecule has 1 unspecified atom stereocenters. The lowest BCUT2D eigenvalue weighted by Crippen LogP contribution is -3.06. The summed E-state index contributed by atoms with van der Waals surface area (Å²) in [6.07, 6.45) is 6.71. The van der Waals surface area contributed by atoms with Crippen molar-refractivity contribution in [3.05, 3.63) is 0 Å². The number of aliphatic carboxylic acids is 1. The number of nitrogens with one attached hydrogen (secondary N) is 1.